The predicted octanol–water partition coefficient (Wildman–Crippen LogP) is 2.78. The van der Waals surface area contributed by atoms with Crippen molar-refractivity contribution in [2.45, 2.75) is 19.6 Å². The van der Waals surface area contributed by atoms with E-state index in [-0.39, 0.29) is 7.47 Å². The van der Waals surface area contributed by atoms with Crippen LogP contribution in [0.3, 0.4) is 0 Å². The third-order valence-electron chi connectivity index (χ3n) is 1.68. The van der Waals surface area contributed by atoms with Crippen molar-refractivity contribution in [1.82, 2.24) is 4.90 Å². The molecule has 0 aliphatic heterocycles. The summed E-state index contributed by atoms with van der Waals surface area (Å²) in [6.45, 7) is 9.46. The Labute approximate surface area is 77.8 Å². The van der Waals surface area contributed by atoms with E-state index in [4.69, 9.17) is 12.2 Å². The Bertz CT molecular complexity index is 153. The van der Waals surface area contributed by atoms with E-state index in [2.05, 4.69) is 31.2 Å². The maximum atomic E-state index is 5.34. The molecular formula is C7H18NPSSi. The second-order valence-corrected chi connectivity index (χ2v) is 16.5. The summed E-state index contributed by atoms with van der Waals surface area (Å²) in [7, 11) is 3.06. The number of rotatable bonds is 2. The van der Waals surface area contributed by atoms with Crippen LogP contribution in [0.2, 0.25) is 19.6 Å². The maximum absolute atomic E-state index is 5.34. The molecular weight excluding hydrogens is 189 g/mol. The summed E-state index contributed by atoms with van der Waals surface area (Å²) in [5.74, 6) is 0. The van der Waals surface area contributed by atoms with Crippen molar-refractivity contribution in [3.8, 4) is 0 Å². The van der Waals surface area contributed by atoms with Crippen molar-refractivity contribution in [2.75, 3.05) is 20.8 Å². The lowest BCUT2D eigenvalue weighted by Gasteiger charge is -2.29. The van der Waals surface area contributed by atoms with E-state index < -0.39 is 7.74 Å². The first-order chi connectivity index (χ1) is 4.76. The lowest BCUT2D eigenvalue weighted by Crippen LogP contribution is -2.28. The van der Waals surface area contributed by atoms with Gasteiger partial charge in [0.25, 0.3) is 0 Å². The van der Waals surface area contributed by atoms with Crippen LogP contribution < -0.4 is 0 Å². The zero-order chi connectivity index (χ0) is 9.23. The van der Waals surface area contributed by atoms with Crippen molar-refractivity contribution in [3.05, 3.63) is 0 Å². The van der Waals surface area contributed by atoms with Gasteiger partial charge >= 0.3 is 0 Å². The van der Waals surface area contributed by atoms with Gasteiger partial charge in [-0.3, -0.25) is 0 Å². The highest BCUT2D eigenvalue weighted by atomic mass is 32.1. The van der Waals surface area contributed by atoms with E-state index >= 15 is 0 Å². The zero-order valence-electron chi connectivity index (χ0n) is 8.30. The first-order valence-corrected chi connectivity index (χ1v) is 10.3. The lowest BCUT2D eigenvalue weighted by atomic mass is 11.0. The van der Waals surface area contributed by atoms with Crippen LogP contribution in [-0.4, -0.2) is 38.1 Å². The van der Waals surface area contributed by atoms with E-state index in [1.807, 2.05) is 14.1 Å². The highest BCUT2D eigenvalue weighted by Gasteiger charge is 2.26. The Morgan fingerprint density at radius 3 is 1.73 bits per heavy atom. The van der Waals surface area contributed by atoms with Gasteiger partial charge in [0.2, 0.25) is 0 Å². The van der Waals surface area contributed by atoms with E-state index in [0.717, 1.165) is 0 Å². The van der Waals surface area contributed by atoms with Crippen LogP contribution in [0.4, 0.5) is 0 Å². The Hall–Kier alpha value is 0.537. The van der Waals surface area contributed by atoms with Crippen molar-refractivity contribution in [1.29, 1.82) is 0 Å². The molecule has 0 spiro atoms. The quantitative estimate of drug-likeness (QED) is 0.389. The molecule has 0 heterocycles. The van der Waals surface area contributed by atoms with E-state index in [1.165, 1.54) is 4.73 Å². The molecule has 11 heavy (non-hydrogen) atoms. The minimum atomic E-state index is -1.00. The van der Waals surface area contributed by atoms with Gasteiger partial charge in [0.1, 0.15) is 0 Å². The number of nitrogens with zero attached hydrogens (tertiary/aromatic N) is 1. The molecule has 0 bridgehead atoms. The van der Waals surface area contributed by atoms with Crippen LogP contribution >= 0.6 is 19.7 Å². The molecule has 0 aromatic carbocycles. The van der Waals surface area contributed by atoms with Gasteiger partial charge in [0.05, 0.1) is 12.5 Å². The Kier molecular flexibility index (Phi) is 4.16. The second-order valence-electron chi connectivity index (χ2n) is 3.91. The largest absolute Gasteiger partial charge is 0.369 e. The normalized spacial score (nSPS) is 14.4. The second kappa shape index (κ2) is 3.97. The molecule has 4 heteroatoms. The van der Waals surface area contributed by atoms with Gasteiger partial charge in [0, 0.05) is 14.1 Å². The van der Waals surface area contributed by atoms with Gasteiger partial charge in [-0.1, -0.05) is 39.3 Å². The van der Waals surface area contributed by atoms with E-state index in [0.29, 0.717) is 0 Å². The van der Waals surface area contributed by atoms with Crippen LogP contribution in [0, 0.1) is 0 Å². The molecule has 0 aliphatic carbocycles. The minimum absolute atomic E-state index is 0.0260. The molecule has 0 saturated carbocycles. The molecule has 1 nitrogen and oxygen atoms in total. The molecule has 0 radical (unpaired) electrons. The third kappa shape index (κ3) is 3.63. The van der Waals surface area contributed by atoms with Crippen LogP contribution in [0.5, 0.6) is 0 Å². The van der Waals surface area contributed by atoms with Crippen molar-refractivity contribution < 1.29 is 0 Å². The maximum Gasteiger partial charge on any atom is 0.0960 e. The molecule has 0 rings (SSSR count). The summed E-state index contributed by atoms with van der Waals surface area (Å²) >= 11 is 5.34. The van der Waals surface area contributed by atoms with Crippen molar-refractivity contribution >= 4 is 32.2 Å². The highest BCUT2D eigenvalue weighted by Crippen LogP contribution is 2.44. The minimum Gasteiger partial charge on any atom is -0.369 e. The zero-order valence-corrected chi connectivity index (χ0v) is 11.0. The lowest BCUT2D eigenvalue weighted by molar-refractivity contribution is 0.647. The average molecular weight is 207 g/mol. The molecule has 0 saturated heterocycles. The molecule has 0 aromatic heterocycles. The molecule has 1 unspecified atom stereocenters. The smallest absolute Gasteiger partial charge is 0.0960 e. The fourth-order valence-corrected chi connectivity index (χ4v) is 6.55. The number of thiocarbonyl (C=S) groups is 1. The monoisotopic (exact) mass is 207 g/mol. The number of hydrogen-bond donors (Lipinski definition) is 0. The molecule has 0 aromatic rings. The van der Waals surface area contributed by atoms with Gasteiger partial charge in [0.15, 0.2) is 0 Å². The first-order valence-electron chi connectivity index (χ1n) is 3.72. The van der Waals surface area contributed by atoms with E-state index in [9.17, 15) is 0 Å². The predicted molar refractivity (Wildman–Crippen MR) is 62.5 cm³/mol. The topological polar surface area (TPSA) is 3.24 Å². The molecule has 66 valence electrons. The van der Waals surface area contributed by atoms with E-state index in [1.54, 1.807) is 0 Å². The molecule has 0 amide bonds. The van der Waals surface area contributed by atoms with Gasteiger partial charge < -0.3 is 4.90 Å². The van der Waals surface area contributed by atoms with Crippen molar-refractivity contribution in [2.24, 2.45) is 0 Å². The van der Waals surface area contributed by atoms with Crippen LogP contribution in [0.1, 0.15) is 0 Å². The van der Waals surface area contributed by atoms with Crippen molar-refractivity contribution in [3.63, 3.8) is 0 Å². The Balaban J connectivity index is 4.26. The average Bonchev–Trinajstić information content (AvgIpc) is 1.82. The fraction of sp³-hybridized carbons (Fsp3) is 0.857. The summed E-state index contributed by atoms with van der Waals surface area (Å²) in [6.07, 6.45) is 0. The van der Waals surface area contributed by atoms with Crippen LogP contribution in [0.15, 0.2) is 0 Å². The summed E-state index contributed by atoms with van der Waals surface area (Å²) < 4.78 is 1.17. The highest BCUT2D eigenvalue weighted by molar-refractivity contribution is 8.14. The van der Waals surface area contributed by atoms with Gasteiger partial charge in [-0.25, -0.2) is 0 Å². The summed E-state index contributed by atoms with van der Waals surface area (Å²) in [4.78, 5) is 2.08. The third-order valence-corrected chi connectivity index (χ3v) is 13.0. The SMILES string of the molecule is CN(C)C(=S)P(C)[Si](C)(C)C. The van der Waals surface area contributed by atoms with Crippen LogP contribution in [0.25, 0.3) is 0 Å². The Morgan fingerprint density at radius 1 is 1.27 bits per heavy atom. The summed E-state index contributed by atoms with van der Waals surface area (Å²) in [5.41, 5.74) is 0. The fourth-order valence-electron chi connectivity index (χ4n) is 0.587. The Morgan fingerprint density at radius 2 is 1.64 bits per heavy atom. The molecule has 1 atom stereocenters. The van der Waals surface area contributed by atoms with Gasteiger partial charge in [-0.15, -0.1) is 0 Å². The van der Waals surface area contributed by atoms with Crippen LogP contribution in [-0.2, 0) is 0 Å². The summed E-state index contributed by atoms with van der Waals surface area (Å²) in [6, 6.07) is 0. The molecule has 0 N–H and O–H groups in total. The van der Waals surface area contributed by atoms with Gasteiger partial charge in [-0.2, -0.15) is 0 Å². The molecule has 0 aliphatic rings. The standard InChI is InChI=1S/C7H18NPSSi/c1-8(2)7(10)9(3)11(4,5)6/h1-6H3. The summed E-state index contributed by atoms with van der Waals surface area (Å²) in [5, 5.41) is 0. The van der Waals surface area contributed by atoms with Gasteiger partial charge in [-0.05, 0) is 6.66 Å². The first kappa shape index (κ1) is 11.5. The molecule has 0 fully saturated rings. The number of hydrogen-bond acceptors (Lipinski definition) is 1.